The van der Waals surface area contributed by atoms with E-state index in [2.05, 4.69) is 30.9 Å². The second-order valence-electron chi connectivity index (χ2n) is 8.23. The molecule has 9 N–H and O–H groups in total. The van der Waals surface area contributed by atoms with Crippen molar-refractivity contribution in [2.45, 2.75) is 37.4 Å². The van der Waals surface area contributed by atoms with Gasteiger partial charge in [-0.05, 0) is 11.6 Å². The molecule has 0 fully saturated rings. The van der Waals surface area contributed by atoms with Gasteiger partial charge in [0.2, 0.25) is 17.7 Å². The number of rotatable bonds is 13. The van der Waals surface area contributed by atoms with Gasteiger partial charge >= 0.3 is 11.9 Å². The average molecular weight is 514 g/mol. The van der Waals surface area contributed by atoms with Gasteiger partial charge in [-0.2, -0.15) is 0 Å². The Balaban J connectivity index is 1.79. The van der Waals surface area contributed by atoms with Crippen LogP contribution in [0.2, 0.25) is 0 Å². The maximum absolute atomic E-state index is 13.2. The predicted molar refractivity (Wildman–Crippen MR) is 129 cm³/mol. The molecule has 0 spiro atoms. The Kier molecular flexibility index (Phi) is 8.94. The summed E-state index contributed by atoms with van der Waals surface area (Å²) in [6, 6.07) is 3.13. The topological polar surface area (TPSA) is 232 Å². The molecule has 14 nitrogen and oxygen atoms in total. The van der Waals surface area contributed by atoms with E-state index in [-0.39, 0.29) is 12.8 Å². The van der Waals surface area contributed by atoms with Crippen LogP contribution < -0.4 is 21.7 Å². The Morgan fingerprint density at radius 3 is 2.27 bits per heavy atom. The van der Waals surface area contributed by atoms with E-state index >= 15 is 0 Å². The first-order chi connectivity index (χ1) is 17.7. The Labute approximate surface area is 210 Å². The predicted octanol–water partition coefficient (Wildman–Crippen LogP) is -1.35. The zero-order valence-electron chi connectivity index (χ0n) is 19.6. The number of amides is 3. The Bertz CT molecular complexity index is 1270. The summed E-state index contributed by atoms with van der Waals surface area (Å²) in [5, 5.41) is 26.8. The van der Waals surface area contributed by atoms with E-state index in [0.717, 1.165) is 10.9 Å². The lowest BCUT2D eigenvalue weighted by Gasteiger charge is -2.23. The molecule has 0 bridgehead atoms. The Morgan fingerprint density at radius 1 is 0.919 bits per heavy atom. The number of nitrogens with two attached hydrogens (primary N) is 1. The molecule has 2 aromatic heterocycles. The number of fused-ring (bicyclic) bond motifs is 1. The third-order valence-corrected chi connectivity index (χ3v) is 5.54. The fourth-order valence-corrected chi connectivity index (χ4v) is 3.73. The van der Waals surface area contributed by atoms with Crippen LogP contribution in [-0.4, -0.2) is 79.5 Å². The molecule has 3 atom stereocenters. The zero-order valence-corrected chi connectivity index (χ0v) is 19.6. The summed E-state index contributed by atoms with van der Waals surface area (Å²) in [6.07, 6.45) is 3.53. The van der Waals surface area contributed by atoms with Gasteiger partial charge in [0, 0.05) is 41.8 Å². The standard InChI is InChI=1S/C23H27N7O7/c24-8-19(31)28-17(7-20(32)33)22(35)29-16(6-13-10-25-11-27-13)21(34)30-18(23(36)37)5-12-9-26-15-4-2-1-3-14(12)15/h1-4,9-11,16-18,26H,5-8,24H2,(H,25,27)(H,28,31)(H,29,35)(H,30,34)(H,32,33)(H,36,37). The molecule has 14 heteroatoms. The van der Waals surface area contributed by atoms with Crippen molar-refractivity contribution < 1.29 is 34.2 Å². The number of hydrogen-bond donors (Lipinski definition) is 8. The van der Waals surface area contributed by atoms with Crippen molar-refractivity contribution in [2.24, 2.45) is 5.73 Å². The van der Waals surface area contributed by atoms with Crippen molar-refractivity contribution in [3.8, 4) is 0 Å². The van der Waals surface area contributed by atoms with Crippen molar-refractivity contribution in [3.63, 3.8) is 0 Å². The minimum Gasteiger partial charge on any atom is -0.481 e. The minimum absolute atomic E-state index is 0.0377. The van der Waals surface area contributed by atoms with Crippen LogP contribution in [0.3, 0.4) is 0 Å². The first-order valence-corrected chi connectivity index (χ1v) is 11.2. The molecule has 0 radical (unpaired) electrons. The lowest BCUT2D eigenvalue weighted by Crippen LogP contribution is -2.57. The molecule has 3 aromatic rings. The number of carbonyl (C=O) groups is 5. The van der Waals surface area contributed by atoms with Crippen LogP contribution in [0.5, 0.6) is 0 Å². The smallest absolute Gasteiger partial charge is 0.326 e. The highest BCUT2D eigenvalue weighted by atomic mass is 16.4. The molecular weight excluding hydrogens is 486 g/mol. The average Bonchev–Trinajstić information content (AvgIpc) is 3.52. The van der Waals surface area contributed by atoms with E-state index in [9.17, 15) is 29.1 Å². The number of H-pyrrole nitrogens is 2. The maximum Gasteiger partial charge on any atom is 0.326 e. The van der Waals surface area contributed by atoms with Crippen molar-refractivity contribution in [3.05, 3.63) is 54.2 Å². The summed E-state index contributed by atoms with van der Waals surface area (Å²) in [5.41, 5.74) is 7.17. The molecule has 0 saturated heterocycles. The van der Waals surface area contributed by atoms with E-state index in [0.29, 0.717) is 11.3 Å². The van der Waals surface area contributed by atoms with Gasteiger partial charge in [0.05, 0.1) is 19.3 Å². The van der Waals surface area contributed by atoms with Gasteiger partial charge in [-0.25, -0.2) is 9.78 Å². The van der Waals surface area contributed by atoms with Gasteiger partial charge < -0.3 is 41.9 Å². The zero-order chi connectivity index (χ0) is 26.9. The van der Waals surface area contributed by atoms with Crippen molar-refractivity contribution in [1.82, 2.24) is 30.9 Å². The summed E-state index contributed by atoms with van der Waals surface area (Å²) in [7, 11) is 0. The van der Waals surface area contributed by atoms with E-state index in [1.807, 2.05) is 18.2 Å². The fourth-order valence-electron chi connectivity index (χ4n) is 3.73. The highest BCUT2D eigenvalue weighted by Crippen LogP contribution is 2.19. The van der Waals surface area contributed by atoms with Gasteiger partial charge in [0.25, 0.3) is 0 Å². The molecule has 3 rings (SSSR count). The Hall–Kier alpha value is -4.72. The van der Waals surface area contributed by atoms with Crippen molar-refractivity contribution in [1.29, 1.82) is 0 Å². The molecule has 0 aliphatic heterocycles. The molecule has 2 heterocycles. The second-order valence-corrected chi connectivity index (χ2v) is 8.23. The number of aromatic amines is 2. The molecule has 0 aliphatic carbocycles. The Morgan fingerprint density at radius 2 is 1.62 bits per heavy atom. The number of aromatic nitrogens is 3. The lowest BCUT2D eigenvalue weighted by molar-refractivity contribution is -0.143. The highest BCUT2D eigenvalue weighted by Gasteiger charge is 2.31. The second kappa shape index (κ2) is 12.3. The third kappa shape index (κ3) is 7.38. The number of benzene rings is 1. The van der Waals surface area contributed by atoms with Crippen LogP contribution in [0.4, 0.5) is 0 Å². The maximum atomic E-state index is 13.2. The quantitative estimate of drug-likeness (QED) is 0.135. The molecule has 196 valence electrons. The van der Waals surface area contributed by atoms with Crippen LogP contribution in [0.25, 0.3) is 10.9 Å². The van der Waals surface area contributed by atoms with E-state index in [4.69, 9.17) is 10.8 Å². The SMILES string of the molecule is NCC(=O)NC(CC(=O)O)C(=O)NC(Cc1cnc[nH]1)C(=O)NC(Cc1c[nH]c2ccccc12)C(=O)O. The molecule has 1 aromatic carbocycles. The van der Waals surface area contributed by atoms with Gasteiger partial charge in [0.15, 0.2) is 0 Å². The first kappa shape index (κ1) is 26.9. The van der Waals surface area contributed by atoms with E-state index in [1.54, 1.807) is 12.3 Å². The number of nitrogens with zero attached hydrogens (tertiary/aromatic N) is 1. The van der Waals surface area contributed by atoms with Gasteiger partial charge in [-0.1, -0.05) is 18.2 Å². The number of carboxylic acid groups (broad SMARTS) is 2. The van der Waals surface area contributed by atoms with Gasteiger partial charge in [-0.3, -0.25) is 19.2 Å². The lowest BCUT2D eigenvalue weighted by atomic mass is 10.0. The summed E-state index contributed by atoms with van der Waals surface area (Å²) in [5.74, 6) is -5.19. The third-order valence-electron chi connectivity index (χ3n) is 5.54. The largest absolute Gasteiger partial charge is 0.481 e. The van der Waals surface area contributed by atoms with Crippen LogP contribution in [-0.2, 0) is 36.8 Å². The van der Waals surface area contributed by atoms with Crippen LogP contribution in [0, 0.1) is 0 Å². The number of imidazole rings is 1. The number of carboxylic acids is 2. The van der Waals surface area contributed by atoms with E-state index < -0.39 is 60.8 Å². The van der Waals surface area contributed by atoms with Gasteiger partial charge in [0.1, 0.15) is 18.1 Å². The normalized spacial score (nSPS) is 13.3. The molecule has 0 aliphatic rings. The van der Waals surface area contributed by atoms with E-state index in [1.165, 1.54) is 12.5 Å². The molecule has 3 amide bonds. The van der Waals surface area contributed by atoms with Crippen LogP contribution in [0.1, 0.15) is 17.7 Å². The van der Waals surface area contributed by atoms with Gasteiger partial charge in [-0.15, -0.1) is 0 Å². The number of para-hydroxylation sites is 1. The summed E-state index contributed by atoms with van der Waals surface area (Å²) < 4.78 is 0. The fraction of sp³-hybridized carbons (Fsp3) is 0.304. The molecular formula is C23H27N7O7. The summed E-state index contributed by atoms with van der Waals surface area (Å²) >= 11 is 0. The monoisotopic (exact) mass is 513 g/mol. The van der Waals surface area contributed by atoms with Crippen molar-refractivity contribution >= 4 is 40.6 Å². The highest BCUT2D eigenvalue weighted by molar-refractivity contribution is 5.95. The molecule has 0 saturated carbocycles. The van der Waals surface area contributed by atoms with Crippen LogP contribution in [0.15, 0.2) is 43.0 Å². The number of carbonyl (C=O) groups excluding carboxylic acids is 3. The first-order valence-electron chi connectivity index (χ1n) is 11.2. The summed E-state index contributed by atoms with van der Waals surface area (Å²) in [4.78, 5) is 70.6. The summed E-state index contributed by atoms with van der Waals surface area (Å²) in [6.45, 7) is -0.477. The number of nitrogens with one attached hydrogen (secondary N) is 5. The molecule has 3 unspecified atom stereocenters. The van der Waals surface area contributed by atoms with Crippen molar-refractivity contribution in [2.75, 3.05) is 6.54 Å². The van der Waals surface area contributed by atoms with Crippen LogP contribution >= 0.6 is 0 Å². The number of aliphatic carboxylic acids is 2. The molecule has 37 heavy (non-hydrogen) atoms. The number of hydrogen-bond acceptors (Lipinski definition) is 7. The minimum atomic E-state index is -1.51.